The number of carbonyl (C=O) groups is 1. The van der Waals surface area contributed by atoms with Crippen molar-refractivity contribution in [1.82, 2.24) is 0 Å². The SMILES string of the molecule is CC(C)C(O)C(=O)C1=COCCC1. The Balaban J connectivity index is 2.60. The van der Waals surface area contributed by atoms with E-state index >= 15 is 0 Å². The first-order valence-corrected chi connectivity index (χ1v) is 4.66. The van der Waals surface area contributed by atoms with Crippen molar-refractivity contribution in [1.29, 1.82) is 0 Å². The summed E-state index contributed by atoms with van der Waals surface area (Å²) < 4.78 is 5.04. The first-order chi connectivity index (χ1) is 6.13. The fourth-order valence-corrected chi connectivity index (χ4v) is 1.24. The van der Waals surface area contributed by atoms with Crippen LogP contribution in [0.1, 0.15) is 26.7 Å². The predicted octanol–water partition coefficient (Wildman–Crippen LogP) is 1.27. The third-order valence-electron chi connectivity index (χ3n) is 2.15. The smallest absolute Gasteiger partial charge is 0.190 e. The van der Waals surface area contributed by atoms with Gasteiger partial charge in [0.05, 0.1) is 12.9 Å². The quantitative estimate of drug-likeness (QED) is 0.718. The van der Waals surface area contributed by atoms with Crippen molar-refractivity contribution in [3.63, 3.8) is 0 Å². The Morgan fingerprint density at radius 3 is 2.77 bits per heavy atom. The lowest BCUT2D eigenvalue weighted by Gasteiger charge is -2.17. The van der Waals surface area contributed by atoms with Crippen molar-refractivity contribution in [2.24, 2.45) is 5.92 Å². The summed E-state index contributed by atoms with van der Waals surface area (Å²) in [6.45, 7) is 4.33. The summed E-state index contributed by atoms with van der Waals surface area (Å²) in [4.78, 5) is 11.5. The zero-order valence-electron chi connectivity index (χ0n) is 8.12. The molecule has 1 atom stereocenters. The van der Waals surface area contributed by atoms with Crippen LogP contribution >= 0.6 is 0 Å². The van der Waals surface area contributed by atoms with Gasteiger partial charge in [0.25, 0.3) is 0 Å². The van der Waals surface area contributed by atoms with Crippen LogP contribution in [0.5, 0.6) is 0 Å². The monoisotopic (exact) mass is 184 g/mol. The van der Waals surface area contributed by atoms with E-state index in [1.54, 1.807) is 0 Å². The van der Waals surface area contributed by atoms with E-state index in [-0.39, 0.29) is 11.7 Å². The minimum atomic E-state index is -0.882. The van der Waals surface area contributed by atoms with Gasteiger partial charge in [-0.15, -0.1) is 0 Å². The largest absolute Gasteiger partial charge is 0.501 e. The fourth-order valence-electron chi connectivity index (χ4n) is 1.24. The second-order valence-corrected chi connectivity index (χ2v) is 3.67. The molecule has 1 unspecified atom stereocenters. The van der Waals surface area contributed by atoms with Crippen molar-refractivity contribution in [3.8, 4) is 0 Å². The van der Waals surface area contributed by atoms with Gasteiger partial charge < -0.3 is 9.84 Å². The van der Waals surface area contributed by atoms with Gasteiger partial charge in [0.15, 0.2) is 5.78 Å². The molecule has 1 aliphatic rings. The summed E-state index contributed by atoms with van der Waals surface area (Å²) in [5.41, 5.74) is 0.618. The average molecular weight is 184 g/mol. The molecule has 0 saturated carbocycles. The molecule has 0 aromatic heterocycles. The van der Waals surface area contributed by atoms with E-state index in [9.17, 15) is 9.90 Å². The molecule has 0 amide bonds. The molecular weight excluding hydrogens is 168 g/mol. The van der Waals surface area contributed by atoms with Crippen molar-refractivity contribution >= 4 is 5.78 Å². The van der Waals surface area contributed by atoms with Crippen LogP contribution in [0, 0.1) is 5.92 Å². The number of hydrogen-bond donors (Lipinski definition) is 1. The maximum Gasteiger partial charge on any atom is 0.190 e. The van der Waals surface area contributed by atoms with E-state index in [1.807, 2.05) is 13.8 Å². The van der Waals surface area contributed by atoms with Crippen molar-refractivity contribution in [2.75, 3.05) is 6.61 Å². The van der Waals surface area contributed by atoms with Crippen LogP contribution in [-0.2, 0) is 9.53 Å². The molecule has 0 fully saturated rings. The molecule has 0 aromatic rings. The zero-order chi connectivity index (χ0) is 9.84. The Morgan fingerprint density at radius 1 is 1.62 bits per heavy atom. The average Bonchev–Trinajstić information content (AvgIpc) is 2.17. The maximum atomic E-state index is 11.5. The van der Waals surface area contributed by atoms with E-state index in [0.29, 0.717) is 12.2 Å². The minimum absolute atomic E-state index is 0.0321. The molecule has 3 heteroatoms. The fraction of sp³-hybridized carbons (Fsp3) is 0.700. The Morgan fingerprint density at radius 2 is 2.31 bits per heavy atom. The number of ether oxygens (including phenoxy) is 1. The second-order valence-electron chi connectivity index (χ2n) is 3.67. The standard InChI is InChI=1S/C10H16O3/c1-7(2)9(11)10(12)8-4-3-5-13-6-8/h6-7,9,11H,3-5H2,1-2H3. The molecule has 0 saturated heterocycles. The number of aliphatic hydroxyl groups is 1. The number of rotatable bonds is 3. The molecule has 0 bridgehead atoms. The molecular formula is C10H16O3. The van der Waals surface area contributed by atoms with Crippen LogP contribution in [0.4, 0.5) is 0 Å². The van der Waals surface area contributed by atoms with Gasteiger partial charge >= 0.3 is 0 Å². The number of aliphatic hydroxyl groups excluding tert-OH is 1. The number of Topliss-reactive ketones (excluding diaryl/α,β-unsaturated/α-hetero) is 1. The second kappa shape index (κ2) is 4.42. The summed E-state index contributed by atoms with van der Waals surface area (Å²) in [7, 11) is 0. The maximum absolute atomic E-state index is 11.5. The van der Waals surface area contributed by atoms with Crippen molar-refractivity contribution in [2.45, 2.75) is 32.8 Å². The highest BCUT2D eigenvalue weighted by Crippen LogP contribution is 2.16. The van der Waals surface area contributed by atoms with E-state index in [2.05, 4.69) is 0 Å². The summed E-state index contributed by atoms with van der Waals surface area (Å²) in [6.07, 6.45) is 2.19. The summed E-state index contributed by atoms with van der Waals surface area (Å²) in [5.74, 6) is -0.218. The molecule has 0 radical (unpaired) electrons. The molecule has 0 aromatic carbocycles. The molecule has 1 aliphatic heterocycles. The molecule has 1 rings (SSSR count). The third-order valence-corrected chi connectivity index (χ3v) is 2.15. The highest BCUT2D eigenvalue weighted by Gasteiger charge is 2.23. The van der Waals surface area contributed by atoms with E-state index < -0.39 is 6.10 Å². The topological polar surface area (TPSA) is 46.5 Å². The number of hydrogen-bond acceptors (Lipinski definition) is 3. The Hall–Kier alpha value is -0.830. The van der Waals surface area contributed by atoms with Gasteiger partial charge in [0, 0.05) is 5.57 Å². The van der Waals surface area contributed by atoms with Gasteiger partial charge in [0.1, 0.15) is 6.10 Å². The van der Waals surface area contributed by atoms with Crippen LogP contribution < -0.4 is 0 Å². The van der Waals surface area contributed by atoms with Crippen LogP contribution in [0.3, 0.4) is 0 Å². The lowest BCUT2D eigenvalue weighted by atomic mass is 9.95. The van der Waals surface area contributed by atoms with Gasteiger partial charge in [-0.1, -0.05) is 13.8 Å². The molecule has 74 valence electrons. The number of ketones is 1. The van der Waals surface area contributed by atoms with E-state index in [0.717, 1.165) is 12.8 Å². The Kier molecular flexibility index (Phi) is 3.48. The van der Waals surface area contributed by atoms with Crippen molar-refractivity contribution < 1.29 is 14.6 Å². The normalized spacial score (nSPS) is 19.2. The summed E-state index contributed by atoms with van der Waals surface area (Å²) in [5, 5.41) is 9.50. The Bertz CT molecular complexity index is 218. The molecule has 13 heavy (non-hydrogen) atoms. The Labute approximate surface area is 78.4 Å². The van der Waals surface area contributed by atoms with Gasteiger partial charge in [-0.25, -0.2) is 0 Å². The lowest BCUT2D eigenvalue weighted by molar-refractivity contribution is -0.125. The van der Waals surface area contributed by atoms with E-state index in [4.69, 9.17) is 4.74 Å². The predicted molar refractivity (Wildman–Crippen MR) is 49.1 cm³/mol. The first-order valence-electron chi connectivity index (χ1n) is 4.66. The highest BCUT2D eigenvalue weighted by atomic mass is 16.5. The van der Waals surface area contributed by atoms with Crippen LogP contribution in [0.2, 0.25) is 0 Å². The highest BCUT2D eigenvalue weighted by molar-refractivity contribution is 5.98. The van der Waals surface area contributed by atoms with Gasteiger partial charge in [-0.05, 0) is 18.8 Å². The van der Waals surface area contributed by atoms with Crippen molar-refractivity contribution in [3.05, 3.63) is 11.8 Å². The summed E-state index contributed by atoms with van der Waals surface area (Å²) >= 11 is 0. The van der Waals surface area contributed by atoms with Gasteiger partial charge in [-0.3, -0.25) is 4.79 Å². The van der Waals surface area contributed by atoms with Crippen LogP contribution in [0.15, 0.2) is 11.8 Å². The van der Waals surface area contributed by atoms with Crippen LogP contribution in [-0.4, -0.2) is 23.6 Å². The summed E-state index contributed by atoms with van der Waals surface area (Å²) in [6, 6.07) is 0. The van der Waals surface area contributed by atoms with E-state index in [1.165, 1.54) is 6.26 Å². The first kappa shape index (κ1) is 10.3. The molecule has 1 N–H and O–H groups in total. The molecule has 1 heterocycles. The zero-order valence-corrected chi connectivity index (χ0v) is 8.12. The minimum Gasteiger partial charge on any atom is -0.501 e. The molecule has 3 nitrogen and oxygen atoms in total. The number of carbonyl (C=O) groups excluding carboxylic acids is 1. The molecule has 0 aliphatic carbocycles. The van der Waals surface area contributed by atoms with Crippen LogP contribution in [0.25, 0.3) is 0 Å². The van der Waals surface area contributed by atoms with Gasteiger partial charge in [0.2, 0.25) is 0 Å². The lowest BCUT2D eigenvalue weighted by Crippen LogP contribution is -2.28. The third kappa shape index (κ3) is 2.56. The molecule has 0 spiro atoms. The van der Waals surface area contributed by atoms with Gasteiger partial charge in [-0.2, -0.15) is 0 Å².